The van der Waals surface area contributed by atoms with E-state index in [2.05, 4.69) is 24.8 Å². The molecule has 3 aliphatic heterocycles. The first kappa shape index (κ1) is 50.4. The fourth-order valence-corrected chi connectivity index (χ4v) is 10.4. The molecule has 0 saturated carbocycles. The molecule has 0 unspecified atom stereocenters. The number of ether oxygens (including phenoxy) is 4. The van der Waals surface area contributed by atoms with Crippen molar-refractivity contribution in [2.45, 2.75) is 58.5 Å². The van der Waals surface area contributed by atoms with Crippen LogP contribution in [-0.4, -0.2) is 125 Å². The molecule has 0 radical (unpaired) electrons. The Morgan fingerprint density at radius 2 is 1.74 bits per heavy atom. The predicted molar refractivity (Wildman–Crippen MR) is 254 cm³/mol. The van der Waals surface area contributed by atoms with Crippen LogP contribution in [0.3, 0.4) is 0 Å². The zero-order chi connectivity index (χ0) is 49.7. The molecule has 1 fully saturated rings. The number of halogens is 5. The van der Waals surface area contributed by atoms with Crippen LogP contribution >= 0.6 is 22.9 Å². The molecule has 0 aliphatic carbocycles. The second kappa shape index (κ2) is 21.6. The number of sulfonamides is 1. The van der Waals surface area contributed by atoms with Crippen LogP contribution in [0.25, 0.3) is 31.8 Å². The van der Waals surface area contributed by atoms with Gasteiger partial charge < -0.3 is 23.8 Å². The van der Waals surface area contributed by atoms with Crippen molar-refractivity contribution < 1.29 is 54.5 Å². The van der Waals surface area contributed by atoms with Gasteiger partial charge in [0.05, 0.1) is 36.8 Å². The van der Waals surface area contributed by atoms with Gasteiger partial charge in [-0.25, -0.2) is 32.6 Å². The number of alkyl halides is 3. The standard InChI is InChI=1S/C48H48ClF4N7O8S2/c1-4-65-46(62)38-25-33-23-30(5-12-37(33)67-27-35-13-15-54-47(57-35)66-22-14-48(51,52)53)24-39(61)59(19-16-58-17-20-60(21-18-58)70(3,63)64)26-32-8-11-36(29(2)42(32)49)40-41-44(68-38)55-28-56-45(41)69-43(40)31-6-9-34(50)10-7-31/h5-13,15,23,28,38H,4,14,16-22,24-27H2,1-3H3/t38-/m1/s1. The SMILES string of the molecule is CCOC(=O)[C@H]1Cc2cc(ccc2OCc2ccnc(OCCC(F)(F)F)n2)CC(=O)N(CCN2CCN(S(C)(=O)=O)CC2)Cc2ccc(c(C)c2Cl)-c2c(-c3ccc(F)cc3)sc3ncnc(c23)O1. The van der Waals surface area contributed by atoms with Crippen molar-refractivity contribution in [1.29, 1.82) is 0 Å². The molecular weight excluding hydrogens is 978 g/mol. The van der Waals surface area contributed by atoms with Crippen LogP contribution < -0.4 is 14.2 Å². The van der Waals surface area contributed by atoms with Crippen LogP contribution in [0.15, 0.2) is 73.2 Å². The third kappa shape index (κ3) is 12.1. The van der Waals surface area contributed by atoms with Gasteiger partial charge in [-0.3, -0.25) is 9.69 Å². The summed E-state index contributed by atoms with van der Waals surface area (Å²) in [6, 6.07) is 16.1. The molecular formula is C48H48ClF4N7O8S2. The van der Waals surface area contributed by atoms with Crippen molar-refractivity contribution >= 4 is 55.1 Å². The molecule has 6 heterocycles. The number of benzene rings is 3. The summed E-state index contributed by atoms with van der Waals surface area (Å²) in [6.07, 6.45) is -3.35. The van der Waals surface area contributed by atoms with E-state index in [0.29, 0.717) is 91.8 Å². The first-order chi connectivity index (χ1) is 33.4. The number of hydrogen-bond donors (Lipinski definition) is 0. The summed E-state index contributed by atoms with van der Waals surface area (Å²) in [5, 5.41) is 0.870. The zero-order valence-electron chi connectivity index (χ0n) is 38.3. The third-order valence-corrected chi connectivity index (χ3v) is 14.8. The first-order valence-corrected chi connectivity index (χ1v) is 25.3. The third-order valence-electron chi connectivity index (χ3n) is 11.9. The van der Waals surface area contributed by atoms with Crippen LogP contribution in [0.4, 0.5) is 17.6 Å². The smallest absolute Gasteiger partial charge is 0.392 e. The Labute approximate surface area is 410 Å². The lowest BCUT2D eigenvalue weighted by Crippen LogP contribution is -2.50. The lowest BCUT2D eigenvalue weighted by atomic mass is 9.94. The van der Waals surface area contributed by atoms with E-state index in [4.69, 9.17) is 30.5 Å². The Bertz CT molecular complexity index is 2990. The largest absolute Gasteiger partial charge is 0.487 e. The van der Waals surface area contributed by atoms with Gasteiger partial charge in [0.25, 0.3) is 0 Å². The lowest BCUT2D eigenvalue weighted by Gasteiger charge is -2.34. The van der Waals surface area contributed by atoms with Crippen LogP contribution in [0, 0.1) is 12.7 Å². The number of hydrogen-bond acceptors (Lipinski definition) is 14. The Morgan fingerprint density at radius 1 is 0.971 bits per heavy atom. The quantitative estimate of drug-likeness (QED) is 0.0812. The number of piperazine rings is 1. The Balaban J connectivity index is 1.21. The summed E-state index contributed by atoms with van der Waals surface area (Å²) < 4.78 is 102. The number of carbonyl (C=O) groups is 2. The lowest BCUT2D eigenvalue weighted by molar-refractivity contribution is -0.151. The van der Waals surface area contributed by atoms with Crippen molar-refractivity contribution in [2.75, 3.05) is 58.7 Å². The van der Waals surface area contributed by atoms with Crippen molar-refractivity contribution in [3.63, 3.8) is 0 Å². The van der Waals surface area contributed by atoms with E-state index in [1.54, 1.807) is 42.2 Å². The molecule has 1 atom stereocenters. The fraction of sp³-hybridized carbons (Fsp3) is 0.375. The number of amides is 1. The highest BCUT2D eigenvalue weighted by molar-refractivity contribution is 7.88. The summed E-state index contributed by atoms with van der Waals surface area (Å²) in [5.41, 5.74) is 4.61. The van der Waals surface area contributed by atoms with E-state index < -0.39 is 47.1 Å². The molecule has 22 heteroatoms. The fourth-order valence-electron chi connectivity index (χ4n) is 8.24. The van der Waals surface area contributed by atoms with Gasteiger partial charge >= 0.3 is 18.2 Å². The summed E-state index contributed by atoms with van der Waals surface area (Å²) in [6.45, 7) is 5.17. The van der Waals surface area contributed by atoms with E-state index >= 15 is 0 Å². The molecule has 3 aliphatic rings. The van der Waals surface area contributed by atoms with Crippen molar-refractivity contribution in [2.24, 2.45) is 0 Å². The van der Waals surface area contributed by atoms with Gasteiger partial charge in [0, 0.05) is 73.9 Å². The van der Waals surface area contributed by atoms with Crippen molar-refractivity contribution in [1.82, 2.24) is 34.0 Å². The van der Waals surface area contributed by atoms with Gasteiger partial charge in [0.15, 0.2) is 0 Å². The summed E-state index contributed by atoms with van der Waals surface area (Å²) in [5.74, 6) is -1.05. The minimum Gasteiger partial charge on any atom is -0.487 e. The minimum absolute atomic E-state index is 0.0164. The second-order valence-corrected chi connectivity index (χ2v) is 20.1. The molecule has 6 aromatic rings. The number of rotatable bonds is 13. The monoisotopic (exact) mass is 1030 g/mol. The van der Waals surface area contributed by atoms with Crippen LogP contribution in [-0.2, 0) is 50.3 Å². The molecule has 0 N–H and O–H groups in total. The predicted octanol–water partition coefficient (Wildman–Crippen LogP) is 7.84. The molecule has 3 aromatic carbocycles. The molecule has 1 saturated heterocycles. The molecule has 9 rings (SSSR count). The Hall–Kier alpha value is -6.00. The van der Waals surface area contributed by atoms with Crippen molar-refractivity contribution in [3.05, 3.63) is 112 Å². The molecule has 15 nitrogen and oxygen atoms in total. The van der Waals surface area contributed by atoms with E-state index in [1.165, 1.54) is 52.6 Å². The highest BCUT2D eigenvalue weighted by Crippen LogP contribution is 2.49. The minimum atomic E-state index is -4.43. The van der Waals surface area contributed by atoms with Gasteiger partial charge in [0.2, 0.25) is 27.9 Å². The van der Waals surface area contributed by atoms with Gasteiger partial charge in [0.1, 0.15) is 35.9 Å². The number of thiophene rings is 1. The van der Waals surface area contributed by atoms with Gasteiger partial charge in [-0.2, -0.15) is 22.5 Å². The van der Waals surface area contributed by atoms with E-state index in [1.807, 2.05) is 19.1 Å². The zero-order valence-corrected chi connectivity index (χ0v) is 40.7. The molecule has 1 amide bonds. The number of fused-ring (bicyclic) bond motifs is 7. The van der Waals surface area contributed by atoms with E-state index in [-0.39, 0.29) is 68.4 Å². The molecule has 70 heavy (non-hydrogen) atoms. The van der Waals surface area contributed by atoms with Crippen LogP contribution in [0.1, 0.15) is 41.3 Å². The van der Waals surface area contributed by atoms with E-state index in [0.717, 1.165) is 0 Å². The Kier molecular flexibility index (Phi) is 15.5. The average molecular weight is 1030 g/mol. The van der Waals surface area contributed by atoms with Gasteiger partial charge in [-0.05, 0) is 71.5 Å². The summed E-state index contributed by atoms with van der Waals surface area (Å²) in [7, 11) is -3.36. The summed E-state index contributed by atoms with van der Waals surface area (Å²) >= 11 is 8.62. The average Bonchev–Trinajstić information content (AvgIpc) is 3.71. The highest BCUT2D eigenvalue weighted by Gasteiger charge is 2.32. The van der Waals surface area contributed by atoms with E-state index in [9.17, 15) is 35.6 Å². The van der Waals surface area contributed by atoms with Gasteiger partial charge in [-0.1, -0.05) is 48.0 Å². The molecule has 3 aromatic heterocycles. The first-order valence-electron chi connectivity index (χ1n) is 22.3. The maximum atomic E-state index is 14.6. The number of nitrogens with zero attached hydrogens (tertiary/aromatic N) is 7. The molecule has 0 spiro atoms. The Morgan fingerprint density at radius 3 is 2.47 bits per heavy atom. The summed E-state index contributed by atoms with van der Waals surface area (Å²) in [4.78, 5) is 51.0. The number of aromatic nitrogens is 4. The maximum absolute atomic E-state index is 14.6. The van der Waals surface area contributed by atoms with Gasteiger partial charge in [-0.15, -0.1) is 11.3 Å². The topological polar surface area (TPSA) is 166 Å². The van der Waals surface area contributed by atoms with Crippen LogP contribution in [0.2, 0.25) is 5.02 Å². The maximum Gasteiger partial charge on any atom is 0.392 e. The molecule has 4 bridgehead atoms. The number of carbonyl (C=O) groups excluding carboxylic acids is 2. The van der Waals surface area contributed by atoms with Crippen molar-refractivity contribution in [3.8, 4) is 39.2 Å². The second-order valence-electron chi connectivity index (χ2n) is 16.7. The molecule has 370 valence electrons. The highest BCUT2D eigenvalue weighted by atomic mass is 35.5. The normalized spacial score (nSPS) is 16.3. The van der Waals surface area contributed by atoms with Crippen LogP contribution in [0.5, 0.6) is 17.6 Å². The number of esters is 1.